The highest BCUT2D eigenvalue weighted by molar-refractivity contribution is 6.30. The number of nitrogens with one attached hydrogen (secondary N) is 1. The van der Waals surface area contributed by atoms with E-state index >= 15 is 0 Å². The molecule has 38 heavy (non-hydrogen) atoms. The van der Waals surface area contributed by atoms with E-state index in [9.17, 15) is 4.39 Å². The van der Waals surface area contributed by atoms with Gasteiger partial charge in [-0.25, -0.2) is 14.1 Å². The molecular formula is C28H32ClFN6O2. The molecule has 1 aliphatic rings. The second kappa shape index (κ2) is 10.4. The van der Waals surface area contributed by atoms with Crippen LogP contribution in [-0.2, 0) is 17.4 Å². The smallest absolute Gasteiger partial charge is 0.223 e. The lowest BCUT2D eigenvalue weighted by Crippen LogP contribution is -2.38. The topological polar surface area (TPSA) is 90.9 Å². The number of hydrogen-bond acceptors (Lipinski definition) is 7. The summed E-state index contributed by atoms with van der Waals surface area (Å²) in [5, 5.41) is 16.4. The molecule has 8 nitrogen and oxygen atoms in total. The molecule has 1 N–H and O–H groups in total. The Labute approximate surface area is 226 Å². The van der Waals surface area contributed by atoms with Gasteiger partial charge in [0.15, 0.2) is 11.6 Å². The molecule has 200 valence electrons. The average Bonchev–Trinajstić information content (AvgIpc) is 3.53. The van der Waals surface area contributed by atoms with Crippen molar-refractivity contribution in [2.24, 2.45) is 0 Å². The number of pyridine rings is 1. The molecule has 10 heteroatoms. The Hall–Kier alpha value is -3.46. The standard InChI is InChI=1S/C28H32ClFN6O2/c1-18-34-35-26(37-18)28(14-11-20(12-15-28)38-22-9-6-8-21(29)25(22)30)17-19-7-5-10-23(32-19)33-24-13-16-31-36(24)27(2,3)4/h5-10,13,16,20H,11-12,14-15,17H2,1-4H3,(H,32,33). The lowest BCUT2D eigenvalue weighted by molar-refractivity contribution is 0.0992. The van der Waals surface area contributed by atoms with E-state index in [-0.39, 0.29) is 22.4 Å². The molecule has 1 fully saturated rings. The number of benzene rings is 1. The summed E-state index contributed by atoms with van der Waals surface area (Å²) >= 11 is 5.94. The molecule has 0 bridgehead atoms. The van der Waals surface area contributed by atoms with Crippen LogP contribution in [0.25, 0.3) is 0 Å². The number of nitrogens with zero attached hydrogens (tertiary/aromatic N) is 5. The quantitative estimate of drug-likeness (QED) is 0.278. The normalized spacial score (nSPS) is 19.9. The van der Waals surface area contributed by atoms with Gasteiger partial charge in [-0.2, -0.15) is 5.10 Å². The number of aromatic nitrogens is 5. The summed E-state index contributed by atoms with van der Waals surface area (Å²) in [6.07, 6.45) is 5.14. The Morgan fingerprint density at radius 2 is 1.89 bits per heavy atom. The number of anilines is 2. The maximum absolute atomic E-state index is 14.4. The summed E-state index contributed by atoms with van der Waals surface area (Å²) < 4.78 is 28.3. The minimum Gasteiger partial charge on any atom is -0.487 e. The van der Waals surface area contributed by atoms with E-state index in [1.807, 2.05) is 28.9 Å². The summed E-state index contributed by atoms with van der Waals surface area (Å²) in [6, 6.07) is 12.7. The van der Waals surface area contributed by atoms with Crippen molar-refractivity contribution in [2.75, 3.05) is 5.32 Å². The van der Waals surface area contributed by atoms with Gasteiger partial charge < -0.3 is 14.5 Å². The molecule has 0 aliphatic heterocycles. The van der Waals surface area contributed by atoms with Crippen LogP contribution < -0.4 is 10.1 Å². The van der Waals surface area contributed by atoms with Gasteiger partial charge in [-0.1, -0.05) is 23.7 Å². The predicted molar refractivity (Wildman–Crippen MR) is 143 cm³/mol. The Kier molecular flexibility index (Phi) is 7.13. The maximum atomic E-state index is 14.4. The SMILES string of the molecule is Cc1nnc(C2(Cc3cccc(Nc4ccnn4C(C)(C)C)n3)CCC(Oc3cccc(Cl)c3F)CC2)o1. The molecule has 0 spiro atoms. The molecular weight excluding hydrogens is 507 g/mol. The minimum absolute atomic E-state index is 0.0547. The number of rotatable bonds is 7. The first-order valence-corrected chi connectivity index (χ1v) is 13.2. The van der Waals surface area contributed by atoms with E-state index in [0.717, 1.165) is 30.2 Å². The zero-order valence-corrected chi connectivity index (χ0v) is 22.8. The van der Waals surface area contributed by atoms with Gasteiger partial charge in [0.25, 0.3) is 0 Å². The number of aryl methyl sites for hydroxylation is 1. The van der Waals surface area contributed by atoms with Crippen LogP contribution in [0.2, 0.25) is 5.02 Å². The van der Waals surface area contributed by atoms with Crippen LogP contribution in [0.4, 0.5) is 16.0 Å². The molecule has 4 aromatic rings. The summed E-state index contributed by atoms with van der Waals surface area (Å²) in [4.78, 5) is 4.91. The van der Waals surface area contributed by atoms with E-state index in [4.69, 9.17) is 25.7 Å². The number of halogens is 2. The van der Waals surface area contributed by atoms with Gasteiger partial charge in [-0.05, 0) is 70.7 Å². The van der Waals surface area contributed by atoms with Crippen LogP contribution in [0.15, 0.2) is 53.1 Å². The molecule has 3 heterocycles. The lowest BCUT2D eigenvalue weighted by Gasteiger charge is -2.37. The van der Waals surface area contributed by atoms with Crippen LogP contribution in [-0.4, -0.2) is 31.1 Å². The Balaban J connectivity index is 1.35. The van der Waals surface area contributed by atoms with Gasteiger partial charge in [0.1, 0.15) is 11.6 Å². The number of hydrogen-bond donors (Lipinski definition) is 1. The summed E-state index contributed by atoms with van der Waals surface area (Å²) in [5.41, 5.74) is 0.345. The van der Waals surface area contributed by atoms with E-state index in [1.54, 1.807) is 25.3 Å². The van der Waals surface area contributed by atoms with E-state index < -0.39 is 11.2 Å². The molecule has 5 rings (SSSR count). The maximum Gasteiger partial charge on any atom is 0.223 e. The van der Waals surface area contributed by atoms with Crippen molar-refractivity contribution < 1.29 is 13.5 Å². The highest BCUT2D eigenvalue weighted by atomic mass is 35.5. The van der Waals surface area contributed by atoms with Crippen LogP contribution in [0.1, 0.15) is 63.9 Å². The van der Waals surface area contributed by atoms with E-state index in [2.05, 4.69) is 41.4 Å². The van der Waals surface area contributed by atoms with Gasteiger partial charge >= 0.3 is 0 Å². The van der Waals surface area contributed by atoms with Crippen molar-refractivity contribution in [1.29, 1.82) is 0 Å². The third-order valence-electron chi connectivity index (χ3n) is 6.94. The molecule has 0 saturated heterocycles. The largest absolute Gasteiger partial charge is 0.487 e. The average molecular weight is 539 g/mol. The molecule has 1 saturated carbocycles. The Morgan fingerprint density at radius 3 is 2.61 bits per heavy atom. The Bertz CT molecular complexity index is 1400. The fraction of sp³-hybridized carbons (Fsp3) is 0.429. The van der Waals surface area contributed by atoms with Gasteiger partial charge in [-0.15, -0.1) is 10.2 Å². The zero-order chi connectivity index (χ0) is 26.9. The molecule has 0 atom stereocenters. The van der Waals surface area contributed by atoms with Crippen molar-refractivity contribution in [2.45, 2.75) is 76.9 Å². The lowest BCUT2D eigenvalue weighted by atomic mass is 9.70. The second-order valence-corrected chi connectivity index (χ2v) is 11.3. The van der Waals surface area contributed by atoms with Gasteiger partial charge in [0.2, 0.25) is 11.8 Å². The molecule has 0 radical (unpaired) electrons. The van der Waals surface area contributed by atoms with Crippen molar-refractivity contribution in [3.8, 4) is 5.75 Å². The molecule has 1 aromatic carbocycles. The first-order valence-electron chi connectivity index (χ1n) is 12.8. The van der Waals surface area contributed by atoms with Crippen LogP contribution in [0, 0.1) is 12.7 Å². The monoisotopic (exact) mass is 538 g/mol. The van der Waals surface area contributed by atoms with Crippen molar-refractivity contribution in [1.82, 2.24) is 25.0 Å². The van der Waals surface area contributed by atoms with E-state index in [0.29, 0.717) is 31.0 Å². The first-order chi connectivity index (χ1) is 18.1. The van der Waals surface area contributed by atoms with Crippen molar-refractivity contribution in [3.05, 3.63) is 77.0 Å². The van der Waals surface area contributed by atoms with E-state index in [1.165, 1.54) is 6.07 Å². The zero-order valence-electron chi connectivity index (χ0n) is 22.0. The summed E-state index contributed by atoms with van der Waals surface area (Å²) in [7, 11) is 0. The van der Waals surface area contributed by atoms with Crippen LogP contribution in [0.5, 0.6) is 5.75 Å². The van der Waals surface area contributed by atoms with Crippen LogP contribution in [0.3, 0.4) is 0 Å². The van der Waals surface area contributed by atoms with Crippen molar-refractivity contribution >= 4 is 23.2 Å². The van der Waals surface area contributed by atoms with Gasteiger partial charge in [0.05, 0.1) is 28.3 Å². The Morgan fingerprint density at radius 1 is 1.13 bits per heavy atom. The first kappa shape index (κ1) is 26.2. The summed E-state index contributed by atoms with van der Waals surface area (Å²) in [5.74, 6) is 2.39. The highest BCUT2D eigenvalue weighted by Gasteiger charge is 2.42. The third-order valence-corrected chi connectivity index (χ3v) is 7.23. The van der Waals surface area contributed by atoms with Crippen molar-refractivity contribution in [3.63, 3.8) is 0 Å². The molecule has 3 aromatic heterocycles. The molecule has 0 unspecified atom stereocenters. The fourth-order valence-electron chi connectivity index (χ4n) is 5.05. The number of ether oxygens (including phenoxy) is 1. The highest BCUT2D eigenvalue weighted by Crippen LogP contribution is 2.43. The van der Waals surface area contributed by atoms with Crippen LogP contribution >= 0.6 is 11.6 Å². The second-order valence-electron chi connectivity index (χ2n) is 10.9. The van der Waals surface area contributed by atoms with Gasteiger partial charge in [-0.3, -0.25) is 0 Å². The third kappa shape index (κ3) is 5.53. The predicted octanol–water partition coefficient (Wildman–Crippen LogP) is 6.76. The minimum atomic E-state index is -0.528. The summed E-state index contributed by atoms with van der Waals surface area (Å²) in [6.45, 7) is 8.10. The molecule has 0 amide bonds. The van der Waals surface area contributed by atoms with Gasteiger partial charge in [0, 0.05) is 25.1 Å². The fourth-order valence-corrected chi connectivity index (χ4v) is 5.22. The molecule has 1 aliphatic carbocycles.